The number of fused-ring (bicyclic) bond motifs is 1. The zero-order chi connectivity index (χ0) is 19.5. The Kier molecular flexibility index (Phi) is 4.59. The van der Waals surface area contributed by atoms with Gasteiger partial charge in [-0.05, 0) is 43.3 Å². The van der Waals surface area contributed by atoms with Crippen LogP contribution in [0.2, 0.25) is 0 Å². The van der Waals surface area contributed by atoms with Gasteiger partial charge in [-0.2, -0.15) is 0 Å². The highest BCUT2D eigenvalue weighted by Crippen LogP contribution is 2.34. The van der Waals surface area contributed by atoms with Gasteiger partial charge in [0.1, 0.15) is 17.8 Å². The van der Waals surface area contributed by atoms with Crippen LogP contribution in [0.25, 0.3) is 0 Å². The van der Waals surface area contributed by atoms with Crippen molar-refractivity contribution < 1.29 is 19.1 Å². The number of carbonyl (C=O) groups is 2. The highest BCUT2D eigenvalue weighted by molar-refractivity contribution is 6.03. The smallest absolute Gasteiger partial charge is 0.274 e. The second-order valence-electron chi connectivity index (χ2n) is 6.07. The summed E-state index contributed by atoms with van der Waals surface area (Å²) in [7, 11) is 0. The predicted molar refractivity (Wildman–Crippen MR) is 102 cm³/mol. The predicted octanol–water partition coefficient (Wildman–Crippen LogP) is 3.40. The summed E-state index contributed by atoms with van der Waals surface area (Å²) >= 11 is 0. The second kappa shape index (κ2) is 7.36. The van der Waals surface area contributed by atoms with Crippen molar-refractivity contribution in [3.05, 3.63) is 66.1 Å². The van der Waals surface area contributed by atoms with Crippen LogP contribution in [0.5, 0.6) is 11.5 Å². The van der Waals surface area contributed by atoms with Gasteiger partial charge in [0, 0.05) is 29.1 Å². The van der Waals surface area contributed by atoms with Gasteiger partial charge in [0.25, 0.3) is 5.91 Å². The Hall–Kier alpha value is -3.94. The van der Waals surface area contributed by atoms with Crippen LogP contribution in [0.1, 0.15) is 27.8 Å². The van der Waals surface area contributed by atoms with Crippen LogP contribution in [-0.2, 0) is 0 Å². The number of rotatable bonds is 5. The maximum Gasteiger partial charge on any atom is 0.274 e. The first kappa shape index (κ1) is 17.5. The Morgan fingerprint density at radius 3 is 2.46 bits per heavy atom. The van der Waals surface area contributed by atoms with Crippen LogP contribution in [0, 0.1) is 0 Å². The molecule has 4 rings (SSSR count). The molecule has 2 aromatic carbocycles. The number of carbonyl (C=O) groups excluding carboxylic acids is 2. The van der Waals surface area contributed by atoms with Gasteiger partial charge in [-0.25, -0.2) is 9.97 Å². The summed E-state index contributed by atoms with van der Waals surface area (Å²) in [6.07, 6.45) is 1.31. The Labute approximate surface area is 160 Å². The molecule has 0 fully saturated rings. The van der Waals surface area contributed by atoms with Crippen molar-refractivity contribution >= 4 is 28.9 Å². The Morgan fingerprint density at radius 1 is 0.929 bits per heavy atom. The lowest BCUT2D eigenvalue weighted by Gasteiger charge is -2.08. The first-order valence-electron chi connectivity index (χ1n) is 8.49. The molecule has 2 N–H and O–H groups in total. The summed E-state index contributed by atoms with van der Waals surface area (Å²) in [5.41, 5.74) is 2.14. The summed E-state index contributed by atoms with van der Waals surface area (Å²) in [5, 5.41) is 5.85. The molecule has 0 aliphatic carbocycles. The number of benzene rings is 2. The molecule has 2 heterocycles. The lowest BCUT2D eigenvalue weighted by molar-refractivity contribution is 0.101. The zero-order valence-corrected chi connectivity index (χ0v) is 14.9. The van der Waals surface area contributed by atoms with Crippen LogP contribution >= 0.6 is 0 Å². The molecule has 1 amide bonds. The molecule has 0 unspecified atom stereocenters. The fraction of sp³-hybridized carbons (Fsp3) is 0.100. The number of ether oxygens (including phenoxy) is 2. The third-order valence-corrected chi connectivity index (χ3v) is 4.09. The Balaban J connectivity index is 1.47. The van der Waals surface area contributed by atoms with E-state index in [0.717, 1.165) is 5.69 Å². The minimum Gasteiger partial charge on any atom is -0.454 e. The Morgan fingerprint density at radius 2 is 1.68 bits per heavy atom. The quantitative estimate of drug-likeness (QED) is 0.658. The zero-order valence-electron chi connectivity index (χ0n) is 14.9. The van der Waals surface area contributed by atoms with E-state index in [1.54, 1.807) is 48.5 Å². The number of aromatic nitrogens is 2. The number of Topliss-reactive ketones (excluding diaryl/α,β-unsaturated/α-hetero) is 1. The fourth-order valence-electron chi connectivity index (χ4n) is 2.66. The highest BCUT2D eigenvalue weighted by atomic mass is 16.7. The molecule has 1 aliphatic heterocycles. The molecule has 3 aromatic rings. The first-order chi connectivity index (χ1) is 13.6. The summed E-state index contributed by atoms with van der Waals surface area (Å²) in [4.78, 5) is 32.0. The average Bonchev–Trinajstić information content (AvgIpc) is 3.16. The molecule has 1 aliphatic rings. The van der Waals surface area contributed by atoms with Crippen molar-refractivity contribution in [1.82, 2.24) is 9.97 Å². The molecular weight excluding hydrogens is 360 g/mol. The number of ketones is 1. The van der Waals surface area contributed by atoms with E-state index in [1.807, 2.05) is 0 Å². The molecule has 0 atom stereocenters. The van der Waals surface area contributed by atoms with E-state index in [9.17, 15) is 9.59 Å². The molecular formula is C20H16N4O4. The van der Waals surface area contributed by atoms with Crippen molar-refractivity contribution in [2.75, 3.05) is 17.4 Å². The average molecular weight is 376 g/mol. The lowest BCUT2D eigenvalue weighted by atomic mass is 10.1. The minimum atomic E-state index is -0.378. The van der Waals surface area contributed by atoms with E-state index in [2.05, 4.69) is 20.6 Å². The van der Waals surface area contributed by atoms with Crippen molar-refractivity contribution in [2.24, 2.45) is 0 Å². The number of hydrogen-bond donors (Lipinski definition) is 2. The maximum absolute atomic E-state index is 12.5. The van der Waals surface area contributed by atoms with E-state index in [0.29, 0.717) is 28.6 Å². The largest absolute Gasteiger partial charge is 0.454 e. The molecule has 8 heteroatoms. The van der Waals surface area contributed by atoms with Gasteiger partial charge in [0.2, 0.25) is 6.79 Å². The number of hydrogen-bond acceptors (Lipinski definition) is 7. The van der Waals surface area contributed by atoms with Crippen molar-refractivity contribution in [2.45, 2.75) is 6.92 Å². The number of nitrogens with zero attached hydrogens (tertiary/aromatic N) is 2. The molecule has 0 saturated heterocycles. The van der Waals surface area contributed by atoms with Gasteiger partial charge >= 0.3 is 0 Å². The second-order valence-corrected chi connectivity index (χ2v) is 6.07. The van der Waals surface area contributed by atoms with E-state index in [-0.39, 0.29) is 24.2 Å². The van der Waals surface area contributed by atoms with Gasteiger partial charge < -0.3 is 20.1 Å². The third kappa shape index (κ3) is 3.75. The Bertz CT molecular complexity index is 1050. The first-order valence-corrected chi connectivity index (χ1v) is 8.49. The van der Waals surface area contributed by atoms with Crippen molar-refractivity contribution in [3.63, 3.8) is 0 Å². The molecule has 140 valence electrons. The SMILES string of the molecule is CC(=O)c1ccc(Nc2cc(C(=O)Nc3ccc4c(c3)OCO4)ncn2)cc1. The summed E-state index contributed by atoms with van der Waals surface area (Å²) < 4.78 is 10.6. The van der Waals surface area contributed by atoms with Gasteiger partial charge in [-0.15, -0.1) is 0 Å². The number of nitrogens with one attached hydrogen (secondary N) is 2. The summed E-state index contributed by atoms with van der Waals surface area (Å²) in [5.74, 6) is 1.30. The van der Waals surface area contributed by atoms with Gasteiger partial charge in [-0.3, -0.25) is 9.59 Å². The maximum atomic E-state index is 12.5. The molecule has 0 spiro atoms. The standard InChI is InChI=1S/C20H16N4O4/c1-12(25)13-2-4-14(5-3-13)23-19-9-16(21-10-22-19)20(26)24-15-6-7-17-18(8-15)28-11-27-17/h2-10H,11H2,1H3,(H,24,26)(H,21,22,23). The molecule has 0 bridgehead atoms. The van der Waals surface area contributed by atoms with E-state index in [4.69, 9.17) is 9.47 Å². The molecule has 28 heavy (non-hydrogen) atoms. The van der Waals surface area contributed by atoms with Crippen LogP contribution in [-0.4, -0.2) is 28.5 Å². The summed E-state index contributed by atoms with van der Waals surface area (Å²) in [6, 6.07) is 13.7. The van der Waals surface area contributed by atoms with E-state index in [1.165, 1.54) is 13.3 Å². The lowest BCUT2D eigenvalue weighted by Crippen LogP contribution is -2.14. The van der Waals surface area contributed by atoms with Crippen molar-refractivity contribution in [1.29, 1.82) is 0 Å². The molecule has 0 radical (unpaired) electrons. The van der Waals surface area contributed by atoms with E-state index >= 15 is 0 Å². The third-order valence-electron chi connectivity index (χ3n) is 4.09. The highest BCUT2D eigenvalue weighted by Gasteiger charge is 2.15. The molecule has 1 aromatic heterocycles. The molecule has 8 nitrogen and oxygen atoms in total. The van der Waals surface area contributed by atoms with Crippen LogP contribution < -0.4 is 20.1 Å². The van der Waals surface area contributed by atoms with Crippen LogP contribution in [0.3, 0.4) is 0 Å². The summed E-state index contributed by atoms with van der Waals surface area (Å²) in [6.45, 7) is 1.68. The normalized spacial score (nSPS) is 11.8. The van der Waals surface area contributed by atoms with Gasteiger partial charge in [-0.1, -0.05) is 0 Å². The monoisotopic (exact) mass is 376 g/mol. The van der Waals surface area contributed by atoms with Crippen LogP contribution in [0.15, 0.2) is 54.9 Å². The van der Waals surface area contributed by atoms with Crippen LogP contribution in [0.4, 0.5) is 17.2 Å². The van der Waals surface area contributed by atoms with Crippen molar-refractivity contribution in [3.8, 4) is 11.5 Å². The van der Waals surface area contributed by atoms with Gasteiger partial charge in [0.15, 0.2) is 17.3 Å². The molecule has 0 saturated carbocycles. The minimum absolute atomic E-state index is 0.00365. The fourth-order valence-corrected chi connectivity index (χ4v) is 2.66. The number of anilines is 3. The van der Waals surface area contributed by atoms with E-state index < -0.39 is 0 Å². The number of amides is 1. The topological polar surface area (TPSA) is 102 Å². The van der Waals surface area contributed by atoms with Gasteiger partial charge in [0.05, 0.1) is 0 Å².